The molecular formula is C32H25NO. The Hall–Kier alpha value is -4.30. The molecule has 164 valence electrons. The van der Waals surface area contributed by atoms with E-state index in [0.29, 0.717) is 0 Å². The zero-order valence-electron chi connectivity index (χ0n) is 19.3. The van der Waals surface area contributed by atoms with Gasteiger partial charge in [-0.05, 0) is 61.9 Å². The van der Waals surface area contributed by atoms with E-state index in [4.69, 9.17) is 4.42 Å². The first-order valence-electron chi connectivity index (χ1n) is 11.6. The third kappa shape index (κ3) is 3.54. The molecule has 0 amide bonds. The van der Waals surface area contributed by atoms with Gasteiger partial charge in [0.2, 0.25) is 0 Å². The van der Waals surface area contributed by atoms with Crippen molar-refractivity contribution in [3.63, 3.8) is 0 Å². The van der Waals surface area contributed by atoms with Gasteiger partial charge in [0, 0.05) is 33.4 Å². The zero-order chi connectivity index (χ0) is 23.1. The predicted molar refractivity (Wildman–Crippen MR) is 143 cm³/mol. The normalized spacial score (nSPS) is 11.2. The fraction of sp³-hybridized carbons (Fsp3) is 0.0625. The van der Waals surface area contributed by atoms with E-state index in [1.807, 2.05) is 12.1 Å². The quantitative estimate of drug-likeness (QED) is 0.272. The van der Waals surface area contributed by atoms with Gasteiger partial charge in [0.15, 0.2) is 0 Å². The molecular weight excluding hydrogens is 414 g/mol. The molecule has 5 aromatic carbocycles. The molecule has 0 aliphatic rings. The molecule has 0 aliphatic carbocycles. The number of benzene rings is 5. The summed E-state index contributed by atoms with van der Waals surface area (Å²) in [5.41, 5.74) is 10.0. The molecule has 0 bridgehead atoms. The Morgan fingerprint density at radius 3 is 1.65 bits per heavy atom. The Kier molecular flexibility index (Phi) is 4.92. The summed E-state index contributed by atoms with van der Waals surface area (Å²) < 4.78 is 6.27. The molecule has 0 saturated carbocycles. The first kappa shape index (κ1) is 20.3. The van der Waals surface area contributed by atoms with Crippen LogP contribution < -0.4 is 4.90 Å². The summed E-state index contributed by atoms with van der Waals surface area (Å²) in [7, 11) is 0. The van der Waals surface area contributed by atoms with Gasteiger partial charge in [-0.2, -0.15) is 0 Å². The van der Waals surface area contributed by atoms with Crippen molar-refractivity contribution in [1.29, 1.82) is 0 Å². The average Bonchev–Trinajstić information content (AvgIpc) is 3.26. The highest BCUT2D eigenvalue weighted by atomic mass is 16.3. The van der Waals surface area contributed by atoms with Crippen LogP contribution in [0.5, 0.6) is 0 Å². The molecule has 2 heteroatoms. The number of rotatable bonds is 4. The highest BCUT2D eigenvalue weighted by Crippen LogP contribution is 2.38. The number of furan rings is 1. The van der Waals surface area contributed by atoms with Crippen molar-refractivity contribution in [3.05, 3.63) is 126 Å². The van der Waals surface area contributed by atoms with E-state index in [1.165, 1.54) is 11.1 Å². The lowest BCUT2D eigenvalue weighted by Gasteiger charge is -2.26. The van der Waals surface area contributed by atoms with Crippen molar-refractivity contribution in [2.24, 2.45) is 0 Å². The van der Waals surface area contributed by atoms with E-state index in [-0.39, 0.29) is 0 Å². The first-order valence-corrected chi connectivity index (χ1v) is 11.6. The van der Waals surface area contributed by atoms with Crippen LogP contribution in [-0.4, -0.2) is 0 Å². The number of para-hydroxylation sites is 2. The largest absolute Gasteiger partial charge is 0.455 e. The Morgan fingerprint density at radius 2 is 1.03 bits per heavy atom. The zero-order valence-corrected chi connectivity index (χ0v) is 19.3. The number of nitrogens with zero attached hydrogens (tertiary/aromatic N) is 1. The second kappa shape index (κ2) is 8.24. The highest BCUT2D eigenvalue weighted by molar-refractivity contribution is 6.09. The minimum atomic E-state index is 0.923. The van der Waals surface area contributed by atoms with Crippen molar-refractivity contribution in [1.82, 2.24) is 0 Å². The Balaban J connectivity index is 1.45. The van der Waals surface area contributed by atoms with Gasteiger partial charge in [0.25, 0.3) is 0 Å². The number of aryl methyl sites for hydroxylation is 2. The van der Waals surface area contributed by atoms with Gasteiger partial charge in [-0.15, -0.1) is 0 Å². The number of fused-ring (bicyclic) bond motifs is 3. The molecule has 0 fully saturated rings. The fourth-order valence-corrected chi connectivity index (χ4v) is 4.60. The van der Waals surface area contributed by atoms with Crippen LogP contribution in [0, 0.1) is 13.8 Å². The van der Waals surface area contributed by atoms with Crippen molar-refractivity contribution >= 4 is 39.0 Å². The van der Waals surface area contributed by atoms with E-state index in [2.05, 4.69) is 122 Å². The van der Waals surface area contributed by atoms with Gasteiger partial charge in [0.1, 0.15) is 11.2 Å². The Morgan fingerprint density at radius 1 is 0.500 bits per heavy atom. The summed E-state index contributed by atoms with van der Waals surface area (Å²) in [4.78, 5) is 2.30. The molecule has 2 nitrogen and oxygen atoms in total. The number of hydrogen-bond acceptors (Lipinski definition) is 2. The van der Waals surface area contributed by atoms with Gasteiger partial charge in [0.05, 0.1) is 0 Å². The van der Waals surface area contributed by atoms with Crippen molar-refractivity contribution in [2.45, 2.75) is 13.8 Å². The minimum absolute atomic E-state index is 0.923. The molecule has 0 atom stereocenters. The van der Waals surface area contributed by atoms with Crippen molar-refractivity contribution in [2.75, 3.05) is 4.90 Å². The van der Waals surface area contributed by atoms with E-state index < -0.39 is 0 Å². The minimum Gasteiger partial charge on any atom is -0.455 e. The maximum absolute atomic E-state index is 6.27. The second-order valence-corrected chi connectivity index (χ2v) is 8.83. The Bertz CT molecular complexity index is 1550. The van der Waals surface area contributed by atoms with Crippen LogP contribution in [0.1, 0.15) is 11.1 Å². The number of anilines is 3. The van der Waals surface area contributed by atoms with Crippen LogP contribution in [0.2, 0.25) is 0 Å². The molecule has 0 spiro atoms. The van der Waals surface area contributed by atoms with E-state index in [9.17, 15) is 0 Å². The van der Waals surface area contributed by atoms with Crippen LogP contribution in [0.25, 0.3) is 33.1 Å². The third-order valence-electron chi connectivity index (χ3n) is 6.43. The van der Waals surface area contributed by atoms with Crippen LogP contribution in [-0.2, 0) is 0 Å². The van der Waals surface area contributed by atoms with Crippen LogP contribution in [0.4, 0.5) is 17.1 Å². The fourth-order valence-electron chi connectivity index (χ4n) is 4.60. The first-order chi connectivity index (χ1) is 16.7. The van der Waals surface area contributed by atoms with E-state index >= 15 is 0 Å². The van der Waals surface area contributed by atoms with Gasteiger partial charge >= 0.3 is 0 Å². The lowest BCUT2D eigenvalue weighted by molar-refractivity contribution is 0.670. The van der Waals surface area contributed by atoms with Crippen molar-refractivity contribution < 1.29 is 4.42 Å². The van der Waals surface area contributed by atoms with Gasteiger partial charge in [-0.25, -0.2) is 0 Å². The molecule has 0 radical (unpaired) electrons. The lowest BCUT2D eigenvalue weighted by Crippen LogP contribution is -2.09. The summed E-state index contributed by atoms with van der Waals surface area (Å²) in [6.07, 6.45) is 0. The third-order valence-corrected chi connectivity index (χ3v) is 6.43. The van der Waals surface area contributed by atoms with Gasteiger partial charge in [-0.1, -0.05) is 83.9 Å². The second-order valence-electron chi connectivity index (χ2n) is 8.83. The molecule has 0 aliphatic heterocycles. The molecule has 34 heavy (non-hydrogen) atoms. The molecule has 6 rings (SSSR count). The SMILES string of the molecule is Cc1ccc(N(c2ccc(C)cc2)c2ccc(-c3cccc4c3oc3ccccc34)cc2)cc1. The van der Waals surface area contributed by atoms with Crippen LogP contribution in [0.3, 0.4) is 0 Å². The molecule has 1 heterocycles. The average molecular weight is 440 g/mol. The highest BCUT2D eigenvalue weighted by Gasteiger charge is 2.15. The predicted octanol–water partition coefficient (Wildman–Crippen LogP) is 9.34. The topological polar surface area (TPSA) is 16.4 Å². The summed E-state index contributed by atoms with van der Waals surface area (Å²) in [6, 6.07) is 40.7. The molecule has 6 aromatic rings. The monoisotopic (exact) mass is 439 g/mol. The molecule has 0 N–H and O–H groups in total. The molecule has 0 unspecified atom stereocenters. The standard InChI is InChI=1S/C32H25NO/c1-22-10-16-25(17-11-22)33(26-18-12-23(2)13-19-26)27-20-14-24(15-21-27)28-7-5-8-30-29-6-3-4-9-31(29)34-32(28)30/h3-21H,1-2H3. The summed E-state index contributed by atoms with van der Waals surface area (Å²) in [5.74, 6) is 0. The van der Waals surface area contributed by atoms with Gasteiger partial charge in [-0.3, -0.25) is 0 Å². The van der Waals surface area contributed by atoms with Crippen LogP contribution >= 0.6 is 0 Å². The van der Waals surface area contributed by atoms with E-state index in [1.54, 1.807) is 0 Å². The van der Waals surface area contributed by atoms with Crippen LogP contribution in [0.15, 0.2) is 120 Å². The number of hydrogen-bond donors (Lipinski definition) is 0. The molecule has 1 aromatic heterocycles. The van der Waals surface area contributed by atoms with E-state index in [0.717, 1.165) is 50.1 Å². The smallest absolute Gasteiger partial charge is 0.143 e. The lowest BCUT2D eigenvalue weighted by atomic mass is 10.0. The van der Waals surface area contributed by atoms with Gasteiger partial charge < -0.3 is 9.32 Å². The summed E-state index contributed by atoms with van der Waals surface area (Å²) >= 11 is 0. The maximum Gasteiger partial charge on any atom is 0.143 e. The maximum atomic E-state index is 6.27. The van der Waals surface area contributed by atoms with Crippen molar-refractivity contribution in [3.8, 4) is 11.1 Å². The Labute approximate surface area is 199 Å². The summed E-state index contributed by atoms with van der Waals surface area (Å²) in [5, 5.41) is 2.30. The molecule has 0 saturated heterocycles. The summed E-state index contributed by atoms with van der Waals surface area (Å²) in [6.45, 7) is 4.24.